The summed E-state index contributed by atoms with van der Waals surface area (Å²) in [6.07, 6.45) is -1.36. The van der Waals surface area contributed by atoms with Gasteiger partial charge in [-0.3, -0.25) is 0 Å². The van der Waals surface area contributed by atoms with E-state index in [0.29, 0.717) is 12.0 Å². The van der Waals surface area contributed by atoms with E-state index < -0.39 is 17.7 Å². The molecule has 0 aliphatic carbocycles. The molecule has 0 unspecified atom stereocenters. The molecule has 1 nitrogen and oxygen atoms in total. The van der Waals surface area contributed by atoms with Gasteiger partial charge in [-0.15, -0.1) is 0 Å². The largest absolute Gasteiger partial charge is 0.436 e. The van der Waals surface area contributed by atoms with Gasteiger partial charge in [0.15, 0.2) is 11.5 Å². The Morgan fingerprint density at radius 3 is 2.47 bits per heavy atom. The zero-order valence-corrected chi connectivity index (χ0v) is 8.24. The van der Waals surface area contributed by atoms with E-state index in [1.807, 2.05) is 6.92 Å². The van der Waals surface area contributed by atoms with Crippen LogP contribution in [0, 0.1) is 5.82 Å². The molecular weight excluding hydrogens is 210 g/mol. The van der Waals surface area contributed by atoms with Gasteiger partial charge in [0, 0.05) is 6.20 Å². The van der Waals surface area contributed by atoms with E-state index in [-0.39, 0.29) is 0 Å². The molecule has 0 aliphatic rings. The van der Waals surface area contributed by atoms with Crippen LogP contribution in [0.4, 0.5) is 17.6 Å². The fourth-order valence-electron chi connectivity index (χ4n) is 1.20. The van der Waals surface area contributed by atoms with Crippen molar-refractivity contribution in [3.63, 3.8) is 0 Å². The van der Waals surface area contributed by atoms with Gasteiger partial charge in [-0.1, -0.05) is 13.3 Å². The van der Waals surface area contributed by atoms with E-state index in [4.69, 9.17) is 0 Å². The van der Waals surface area contributed by atoms with E-state index in [1.54, 1.807) is 0 Å². The molecule has 0 bridgehead atoms. The lowest BCUT2D eigenvalue weighted by Crippen LogP contribution is -2.11. The highest BCUT2D eigenvalue weighted by atomic mass is 19.4. The van der Waals surface area contributed by atoms with Gasteiger partial charge in [0.1, 0.15) is 0 Å². The molecule has 0 amide bonds. The van der Waals surface area contributed by atoms with Crippen LogP contribution in [0.5, 0.6) is 0 Å². The number of alkyl halides is 3. The second kappa shape index (κ2) is 4.59. The molecule has 0 fully saturated rings. The summed E-state index contributed by atoms with van der Waals surface area (Å²) in [5.41, 5.74) is -0.940. The SMILES string of the molecule is CCCCc1cnc(C(F)(F)F)c(F)c1. The molecule has 0 aliphatic heterocycles. The zero-order chi connectivity index (χ0) is 11.5. The molecule has 0 N–H and O–H groups in total. The van der Waals surface area contributed by atoms with Crippen molar-refractivity contribution < 1.29 is 17.6 Å². The molecule has 1 heterocycles. The molecule has 84 valence electrons. The van der Waals surface area contributed by atoms with Gasteiger partial charge in [0.25, 0.3) is 0 Å². The number of halogens is 4. The normalized spacial score (nSPS) is 11.8. The Labute approximate surface area is 85.1 Å². The number of rotatable bonds is 3. The standard InChI is InChI=1S/C10H11F4N/c1-2-3-4-7-5-8(11)9(15-6-7)10(12,13)14/h5-6H,2-4H2,1H3. The number of aromatic nitrogens is 1. The van der Waals surface area contributed by atoms with Crippen LogP contribution in [0.15, 0.2) is 12.3 Å². The van der Waals surface area contributed by atoms with Crippen LogP contribution < -0.4 is 0 Å². The number of aryl methyl sites for hydroxylation is 1. The molecule has 0 atom stereocenters. The second-order valence-corrected chi connectivity index (χ2v) is 3.28. The van der Waals surface area contributed by atoms with E-state index in [2.05, 4.69) is 4.98 Å². The fraction of sp³-hybridized carbons (Fsp3) is 0.500. The van der Waals surface area contributed by atoms with E-state index in [1.165, 1.54) is 0 Å². The van der Waals surface area contributed by atoms with Crippen molar-refractivity contribution in [1.82, 2.24) is 4.98 Å². The van der Waals surface area contributed by atoms with Crippen molar-refractivity contribution in [2.45, 2.75) is 32.4 Å². The highest BCUT2D eigenvalue weighted by molar-refractivity contribution is 5.18. The van der Waals surface area contributed by atoms with Crippen molar-refractivity contribution in [3.05, 3.63) is 29.3 Å². The van der Waals surface area contributed by atoms with Gasteiger partial charge in [0.2, 0.25) is 0 Å². The first-order valence-electron chi connectivity index (χ1n) is 4.66. The van der Waals surface area contributed by atoms with Gasteiger partial charge in [0.05, 0.1) is 0 Å². The van der Waals surface area contributed by atoms with Gasteiger partial charge in [-0.2, -0.15) is 13.2 Å². The summed E-state index contributed by atoms with van der Waals surface area (Å²) in [4.78, 5) is 3.10. The predicted molar refractivity (Wildman–Crippen MR) is 47.8 cm³/mol. The molecule has 1 rings (SSSR count). The van der Waals surface area contributed by atoms with Crippen LogP contribution in [0.25, 0.3) is 0 Å². The number of nitrogens with zero attached hydrogens (tertiary/aromatic N) is 1. The average Bonchev–Trinajstić information content (AvgIpc) is 2.12. The van der Waals surface area contributed by atoms with Crippen molar-refractivity contribution in [2.75, 3.05) is 0 Å². The Bertz CT molecular complexity index is 333. The molecule has 5 heteroatoms. The third kappa shape index (κ3) is 3.18. The van der Waals surface area contributed by atoms with E-state index in [0.717, 1.165) is 25.1 Å². The van der Waals surface area contributed by atoms with Gasteiger partial charge < -0.3 is 0 Å². The van der Waals surface area contributed by atoms with Crippen LogP contribution in [-0.2, 0) is 12.6 Å². The van der Waals surface area contributed by atoms with Crippen molar-refractivity contribution in [1.29, 1.82) is 0 Å². The maximum absolute atomic E-state index is 13.0. The van der Waals surface area contributed by atoms with Crippen molar-refractivity contribution in [2.24, 2.45) is 0 Å². The van der Waals surface area contributed by atoms with Crippen molar-refractivity contribution >= 4 is 0 Å². The Hall–Kier alpha value is -1.13. The quantitative estimate of drug-likeness (QED) is 0.711. The molecule has 0 aromatic carbocycles. The molecule has 0 radical (unpaired) electrons. The number of hydrogen-bond acceptors (Lipinski definition) is 1. The Morgan fingerprint density at radius 2 is 2.00 bits per heavy atom. The summed E-state index contributed by atoms with van der Waals surface area (Å²) >= 11 is 0. The monoisotopic (exact) mass is 221 g/mol. The Kier molecular flexibility index (Phi) is 3.66. The topological polar surface area (TPSA) is 12.9 Å². The minimum atomic E-state index is -4.71. The van der Waals surface area contributed by atoms with Crippen LogP contribution in [0.2, 0.25) is 0 Å². The Balaban J connectivity index is 2.89. The van der Waals surface area contributed by atoms with Crippen molar-refractivity contribution in [3.8, 4) is 0 Å². The molecule has 15 heavy (non-hydrogen) atoms. The fourth-order valence-corrected chi connectivity index (χ4v) is 1.20. The smallest absolute Gasteiger partial charge is 0.249 e. The lowest BCUT2D eigenvalue weighted by molar-refractivity contribution is -0.143. The minimum Gasteiger partial charge on any atom is -0.249 e. The van der Waals surface area contributed by atoms with Gasteiger partial charge in [-0.05, 0) is 24.5 Å². The molecule has 1 aromatic rings. The number of hydrogen-bond donors (Lipinski definition) is 0. The number of pyridine rings is 1. The van der Waals surface area contributed by atoms with Crippen LogP contribution in [0.1, 0.15) is 31.0 Å². The average molecular weight is 221 g/mol. The summed E-state index contributed by atoms with van der Waals surface area (Å²) in [6.45, 7) is 1.95. The second-order valence-electron chi connectivity index (χ2n) is 3.28. The minimum absolute atomic E-state index is 0.502. The lowest BCUT2D eigenvalue weighted by atomic mass is 10.1. The first kappa shape index (κ1) is 11.9. The first-order chi connectivity index (χ1) is 6.95. The van der Waals surface area contributed by atoms with Crippen LogP contribution in [-0.4, -0.2) is 4.98 Å². The highest BCUT2D eigenvalue weighted by Gasteiger charge is 2.35. The third-order valence-electron chi connectivity index (χ3n) is 1.99. The molecule has 0 saturated heterocycles. The summed E-state index contributed by atoms with van der Waals surface area (Å²) < 4.78 is 49.4. The zero-order valence-electron chi connectivity index (χ0n) is 8.24. The molecule has 1 aromatic heterocycles. The lowest BCUT2D eigenvalue weighted by Gasteiger charge is -2.07. The predicted octanol–water partition coefficient (Wildman–Crippen LogP) is 3.58. The highest BCUT2D eigenvalue weighted by Crippen LogP contribution is 2.29. The maximum atomic E-state index is 13.0. The van der Waals surface area contributed by atoms with Crippen LogP contribution >= 0.6 is 0 Å². The van der Waals surface area contributed by atoms with E-state index >= 15 is 0 Å². The van der Waals surface area contributed by atoms with Gasteiger partial charge >= 0.3 is 6.18 Å². The summed E-state index contributed by atoms with van der Waals surface area (Å²) in [6, 6.07) is 0.908. The summed E-state index contributed by atoms with van der Waals surface area (Å²) in [5, 5.41) is 0. The molecule has 0 spiro atoms. The summed E-state index contributed by atoms with van der Waals surface area (Å²) in [5.74, 6) is -1.30. The summed E-state index contributed by atoms with van der Waals surface area (Å²) in [7, 11) is 0. The van der Waals surface area contributed by atoms with E-state index in [9.17, 15) is 17.6 Å². The first-order valence-corrected chi connectivity index (χ1v) is 4.66. The van der Waals surface area contributed by atoms with Gasteiger partial charge in [-0.25, -0.2) is 9.37 Å². The molecular formula is C10H11F4N. The molecule has 0 saturated carbocycles. The van der Waals surface area contributed by atoms with Crippen LogP contribution in [0.3, 0.4) is 0 Å². The maximum Gasteiger partial charge on any atom is 0.436 e. The number of unbranched alkanes of at least 4 members (excludes halogenated alkanes) is 1. The third-order valence-corrected chi connectivity index (χ3v) is 1.99. The Morgan fingerprint density at radius 1 is 1.33 bits per heavy atom.